The minimum absolute atomic E-state index is 0.163. The lowest BCUT2D eigenvalue weighted by atomic mass is 10.2. The van der Waals surface area contributed by atoms with Gasteiger partial charge in [-0.25, -0.2) is 5.11 Å². The van der Waals surface area contributed by atoms with Gasteiger partial charge in [-0.15, -0.1) is 0 Å². The fourth-order valence-corrected chi connectivity index (χ4v) is 0.598. The average molecular weight is 161 g/mol. The highest BCUT2D eigenvalue weighted by Crippen LogP contribution is 1.91. The SMILES string of the molecule is CC(C)COCCOCC[O]. The maximum Gasteiger partial charge on any atom is 0.106 e. The van der Waals surface area contributed by atoms with Crippen molar-refractivity contribution in [1.82, 2.24) is 0 Å². The van der Waals surface area contributed by atoms with Crippen LogP contribution in [0.5, 0.6) is 0 Å². The Hall–Kier alpha value is -0.120. The smallest absolute Gasteiger partial charge is 0.106 e. The summed E-state index contributed by atoms with van der Waals surface area (Å²) in [6.45, 7) is 6.22. The molecule has 0 unspecified atom stereocenters. The van der Waals surface area contributed by atoms with Gasteiger partial charge in [0.15, 0.2) is 0 Å². The van der Waals surface area contributed by atoms with Gasteiger partial charge in [0, 0.05) is 6.61 Å². The Labute approximate surface area is 68.3 Å². The summed E-state index contributed by atoms with van der Waals surface area (Å²) in [6, 6.07) is 0. The van der Waals surface area contributed by atoms with Gasteiger partial charge in [-0.1, -0.05) is 13.8 Å². The Morgan fingerprint density at radius 2 is 1.73 bits per heavy atom. The molecule has 3 heteroatoms. The van der Waals surface area contributed by atoms with Crippen molar-refractivity contribution in [2.45, 2.75) is 13.8 Å². The molecule has 1 radical (unpaired) electrons. The topological polar surface area (TPSA) is 38.4 Å². The van der Waals surface area contributed by atoms with Crippen LogP contribution in [0.4, 0.5) is 0 Å². The number of rotatable bonds is 7. The minimum Gasteiger partial charge on any atom is -0.379 e. The number of hydrogen-bond acceptors (Lipinski definition) is 2. The molecule has 0 aliphatic rings. The molecule has 0 heterocycles. The first-order valence-corrected chi connectivity index (χ1v) is 4.01. The monoisotopic (exact) mass is 161 g/mol. The molecule has 0 fully saturated rings. The molecule has 0 rings (SSSR count). The van der Waals surface area contributed by atoms with Crippen molar-refractivity contribution in [2.24, 2.45) is 5.92 Å². The predicted octanol–water partition coefficient (Wildman–Crippen LogP) is 1.11. The third-order valence-corrected chi connectivity index (χ3v) is 1.05. The van der Waals surface area contributed by atoms with Crippen LogP contribution < -0.4 is 0 Å². The molecule has 0 saturated heterocycles. The highest BCUT2D eigenvalue weighted by atomic mass is 16.5. The van der Waals surface area contributed by atoms with Crippen LogP contribution in [-0.2, 0) is 14.6 Å². The lowest BCUT2D eigenvalue weighted by Gasteiger charge is -2.06. The molecule has 0 aliphatic heterocycles. The summed E-state index contributed by atoms with van der Waals surface area (Å²) < 4.78 is 10.1. The van der Waals surface area contributed by atoms with Crippen LogP contribution in [0.15, 0.2) is 0 Å². The van der Waals surface area contributed by atoms with Crippen molar-refractivity contribution in [1.29, 1.82) is 0 Å². The van der Waals surface area contributed by atoms with Crippen LogP contribution in [0.2, 0.25) is 0 Å². The van der Waals surface area contributed by atoms with E-state index in [1.165, 1.54) is 0 Å². The van der Waals surface area contributed by atoms with E-state index in [1.54, 1.807) is 0 Å². The molecule has 0 atom stereocenters. The molecule has 0 aromatic heterocycles. The average Bonchev–Trinajstić information content (AvgIpc) is 1.96. The molecule has 0 amide bonds. The van der Waals surface area contributed by atoms with Crippen LogP contribution in [0, 0.1) is 5.92 Å². The lowest BCUT2D eigenvalue weighted by molar-refractivity contribution is 0.0151. The van der Waals surface area contributed by atoms with E-state index < -0.39 is 0 Å². The van der Waals surface area contributed by atoms with Crippen LogP contribution in [0.25, 0.3) is 0 Å². The summed E-state index contributed by atoms with van der Waals surface area (Å²) >= 11 is 0. The first-order valence-electron chi connectivity index (χ1n) is 4.01. The van der Waals surface area contributed by atoms with E-state index in [0.717, 1.165) is 6.61 Å². The second-order valence-corrected chi connectivity index (χ2v) is 2.79. The van der Waals surface area contributed by atoms with E-state index in [1.807, 2.05) is 0 Å². The van der Waals surface area contributed by atoms with Crippen LogP contribution in [0.1, 0.15) is 13.8 Å². The van der Waals surface area contributed by atoms with E-state index >= 15 is 0 Å². The van der Waals surface area contributed by atoms with E-state index in [0.29, 0.717) is 25.7 Å². The Kier molecular flexibility index (Phi) is 7.89. The Morgan fingerprint density at radius 1 is 1.09 bits per heavy atom. The summed E-state index contributed by atoms with van der Waals surface area (Å²) in [5, 5.41) is 9.90. The molecule has 11 heavy (non-hydrogen) atoms. The van der Waals surface area contributed by atoms with Crippen molar-refractivity contribution in [2.75, 3.05) is 33.0 Å². The summed E-state index contributed by atoms with van der Waals surface area (Å²) in [7, 11) is 0. The van der Waals surface area contributed by atoms with Gasteiger partial charge in [0.05, 0.1) is 19.8 Å². The molecule has 0 aromatic rings. The van der Waals surface area contributed by atoms with E-state index in [4.69, 9.17) is 9.47 Å². The standard InChI is InChI=1S/C8H17O3/c1-8(2)7-11-6-5-10-4-3-9/h8H,3-7H2,1-2H3. The van der Waals surface area contributed by atoms with Crippen LogP contribution in [0.3, 0.4) is 0 Å². The molecule has 3 nitrogen and oxygen atoms in total. The van der Waals surface area contributed by atoms with Gasteiger partial charge in [0.1, 0.15) is 6.61 Å². The van der Waals surface area contributed by atoms with Crippen LogP contribution >= 0.6 is 0 Å². The molecule has 0 N–H and O–H groups in total. The molecule has 0 aliphatic carbocycles. The van der Waals surface area contributed by atoms with Gasteiger partial charge in [0.25, 0.3) is 0 Å². The second-order valence-electron chi connectivity index (χ2n) is 2.79. The van der Waals surface area contributed by atoms with Crippen molar-refractivity contribution in [3.63, 3.8) is 0 Å². The maximum atomic E-state index is 9.90. The second kappa shape index (κ2) is 7.98. The Balaban J connectivity index is 2.80. The van der Waals surface area contributed by atoms with Gasteiger partial charge in [-0.2, -0.15) is 0 Å². The molecule has 67 valence electrons. The third-order valence-electron chi connectivity index (χ3n) is 1.05. The zero-order valence-corrected chi connectivity index (χ0v) is 7.34. The van der Waals surface area contributed by atoms with E-state index in [2.05, 4.69) is 13.8 Å². The fraction of sp³-hybridized carbons (Fsp3) is 1.00. The van der Waals surface area contributed by atoms with Gasteiger partial charge in [-0.3, -0.25) is 0 Å². The fourth-order valence-electron chi connectivity index (χ4n) is 0.598. The summed E-state index contributed by atoms with van der Waals surface area (Å²) in [5.74, 6) is 0.564. The molecular weight excluding hydrogens is 144 g/mol. The molecular formula is C8H17O3. The number of hydrogen-bond donors (Lipinski definition) is 0. The lowest BCUT2D eigenvalue weighted by Crippen LogP contribution is -2.09. The van der Waals surface area contributed by atoms with Gasteiger partial charge in [0.2, 0.25) is 0 Å². The van der Waals surface area contributed by atoms with E-state index in [9.17, 15) is 5.11 Å². The first-order chi connectivity index (χ1) is 5.27. The largest absolute Gasteiger partial charge is 0.379 e. The third kappa shape index (κ3) is 9.88. The minimum atomic E-state index is -0.163. The summed E-state index contributed by atoms with van der Waals surface area (Å²) in [4.78, 5) is 0. The summed E-state index contributed by atoms with van der Waals surface area (Å²) in [6.07, 6.45) is 0. The van der Waals surface area contributed by atoms with Crippen LogP contribution in [-0.4, -0.2) is 33.0 Å². The number of ether oxygens (including phenoxy) is 2. The van der Waals surface area contributed by atoms with Gasteiger partial charge >= 0.3 is 0 Å². The van der Waals surface area contributed by atoms with Crippen molar-refractivity contribution in [3.05, 3.63) is 0 Å². The van der Waals surface area contributed by atoms with Crippen molar-refractivity contribution in [3.8, 4) is 0 Å². The zero-order valence-electron chi connectivity index (χ0n) is 7.34. The van der Waals surface area contributed by atoms with Gasteiger partial charge in [-0.05, 0) is 5.92 Å². The van der Waals surface area contributed by atoms with Gasteiger partial charge < -0.3 is 9.47 Å². The van der Waals surface area contributed by atoms with E-state index in [-0.39, 0.29) is 6.61 Å². The molecule has 0 aromatic carbocycles. The molecule has 0 saturated carbocycles. The normalized spacial score (nSPS) is 10.9. The Morgan fingerprint density at radius 3 is 2.27 bits per heavy atom. The molecule has 0 bridgehead atoms. The first kappa shape index (κ1) is 10.9. The van der Waals surface area contributed by atoms with Crippen molar-refractivity contribution >= 4 is 0 Å². The van der Waals surface area contributed by atoms with Crippen molar-refractivity contribution < 1.29 is 14.6 Å². The molecule has 0 spiro atoms. The Bertz CT molecular complexity index is 73.7. The predicted molar refractivity (Wildman–Crippen MR) is 42.0 cm³/mol. The summed E-state index contributed by atoms with van der Waals surface area (Å²) in [5.41, 5.74) is 0. The maximum absolute atomic E-state index is 9.90. The highest BCUT2D eigenvalue weighted by molar-refractivity contribution is 4.39. The zero-order chi connectivity index (χ0) is 8.53. The highest BCUT2D eigenvalue weighted by Gasteiger charge is 1.92. The quantitative estimate of drug-likeness (QED) is 0.524.